The van der Waals surface area contributed by atoms with E-state index in [4.69, 9.17) is 15.0 Å². The summed E-state index contributed by atoms with van der Waals surface area (Å²) in [5, 5.41) is 6.90. The van der Waals surface area contributed by atoms with Crippen molar-refractivity contribution >= 4 is 29.1 Å². The minimum Gasteiger partial charge on any atom is -0.466 e. The molecule has 0 aromatic carbocycles. The summed E-state index contributed by atoms with van der Waals surface area (Å²) in [5.74, 6) is 1.93. The smallest absolute Gasteiger partial charge is 0.310 e. The van der Waals surface area contributed by atoms with Gasteiger partial charge in [-0.3, -0.25) is 4.79 Å². The van der Waals surface area contributed by atoms with Crippen molar-refractivity contribution in [2.45, 2.75) is 26.7 Å². The van der Waals surface area contributed by atoms with E-state index in [1.165, 1.54) is 6.33 Å². The van der Waals surface area contributed by atoms with Crippen LogP contribution < -0.4 is 16.0 Å². The fraction of sp³-hybridized carbons (Fsp3) is 0.500. The average Bonchev–Trinajstić information content (AvgIpc) is 3.02. The number of aryl methyl sites for hydroxylation is 1. The van der Waals surface area contributed by atoms with Crippen molar-refractivity contribution in [2.75, 3.05) is 35.6 Å². The highest BCUT2D eigenvalue weighted by molar-refractivity contribution is 5.79. The molecule has 2 aromatic rings. The number of nitrogens with one attached hydrogen (secondary N) is 1. The second-order valence-corrected chi connectivity index (χ2v) is 5.94. The van der Waals surface area contributed by atoms with Crippen molar-refractivity contribution in [3.8, 4) is 0 Å². The van der Waals surface area contributed by atoms with E-state index < -0.39 is 0 Å². The number of carbonyl (C=O) groups is 1. The first-order valence-corrected chi connectivity index (χ1v) is 8.31. The second-order valence-electron chi connectivity index (χ2n) is 5.94. The quantitative estimate of drug-likeness (QED) is 0.782. The number of anilines is 4. The van der Waals surface area contributed by atoms with Gasteiger partial charge >= 0.3 is 5.97 Å². The zero-order valence-corrected chi connectivity index (χ0v) is 14.4. The Hall–Kier alpha value is -2.84. The Morgan fingerprint density at radius 2 is 2.36 bits per heavy atom. The lowest BCUT2D eigenvalue weighted by Crippen LogP contribution is -2.40. The molecule has 0 saturated carbocycles. The van der Waals surface area contributed by atoms with Gasteiger partial charge in [-0.05, 0) is 26.7 Å². The largest absolute Gasteiger partial charge is 0.466 e. The van der Waals surface area contributed by atoms with Crippen LogP contribution in [0.5, 0.6) is 0 Å². The number of carbonyl (C=O) groups excluding carboxylic acids is 1. The molecule has 0 amide bonds. The van der Waals surface area contributed by atoms with Crippen LogP contribution in [0.1, 0.15) is 25.5 Å². The van der Waals surface area contributed by atoms with Gasteiger partial charge in [-0.15, -0.1) is 0 Å². The molecule has 134 valence electrons. The lowest BCUT2D eigenvalue weighted by atomic mass is 9.98. The fourth-order valence-electron chi connectivity index (χ4n) is 2.91. The number of nitrogens with two attached hydrogens (primary N) is 1. The third-order valence-electron chi connectivity index (χ3n) is 4.08. The predicted molar refractivity (Wildman–Crippen MR) is 92.5 cm³/mol. The highest BCUT2D eigenvalue weighted by Crippen LogP contribution is 2.31. The van der Waals surface area contributed by atoms with Crippen LogP contribution >= 0.6 is 0 Å². The van der Waals surface area contributed by atoms with Crippen molar-refractivity contribution in [3.63, 3.8) is 0 Å². The van der Waals surface area contributed by atoms with Gasteiger partial charge in [0.25, 0.3) is 0 Å². The molecule has 1 atom stereocenters. The van der Waals surface area contributed by atoms with Crippen molar-refractivity contribution in [1.29, 1.82) is 0 Å². The first-order valence-electron chi connectivity index (χ1n) is 8.31. The van der Waals surface area contributed by atoms with Gasteiger partial charge in [0, 0.05) is 19.2 Å². The molecule has 3 N–H and O–H groups in total. The maximum atomic E-state index is 12.0. The number of nitrogen functional groups attached to an aromatic ring is 1. The van der Waals surface area contributed by atoms with E-state index in [1.807, 2.05) is 11.8 Å². The highest BCUT2D eigenvalue weighted by atomic mass is 16.5. The van der Waals surface area contributed by atoms with Gasteiger partial charge in [-0.1, -0.05) is 5.16 Å². The molecule has 1 aliphatic rings. The standard InChI is InChI=1S/C16H22N6O3/c1-3-24-16(23)11-5-4-6-22(8-11)15-13(17)14(18-9-19-15)20-12-7-10(2)25-21-12/h7,9,11H,3-6,8,17H2,1-2H3,(H,18,19,20,21). The van der Waals surface area contributed by atoms with E-state index in [9.17, 15) is 4.79 Å². The molecule has 1 aliphatic heterocycles. The molecule has 2 aromatic heterocycles. The van der Waals surface area contributed by atoms with Crippen LogP contribution in [0.15, 0.2) is 16.9 Å². The van der Waals surface area contributed by atoms with Crippen LogP contribution in [-0.2, 0) is 9.53 Å². The Labute approximate surface area is 145 Å². The van der Waals surface area contributed by atoms with E-state index in [1.54, 1.807) is 13.0 Å². The Kier molecular flexibility index (Phi) is 5.01. The van der Waals surface area contributed by atoms with E-state index in [0.29, 0.717) is 42.1 Å². The van der Waals surface area contributed by atoms with E-state index in [2.05, 4.69) is 20.4 Å². The molecule has 1 unspecified atom stereocenters. The summed E-state index contributed by atoms with van der Waals surface area (Å²) in [4.78, 5) is 22.5. The molecule has 0 spiro atoms. The molecule has 3 rings (SSSR count). The summed E-state index contributed by atoms with van der Waals surface area (Å²) < 4.78 is 10.2. The topological polar surface area (TPSA) is 119 Å². The van der Waals surface area contributed by atoms with Gasteiger partial charge in [-0.25, -0.2) is 9.97 Å². The summed E-state index contributed by atoms with van der Waals surface area (Å²) in [7, 11) is 0. The van der Waals surface area contributed by atoms with Crippen LogP contribution in [0.25, 0.3) is 0 Å². The van der Waals surface area contributed by atoms with Crippen LogP contribution in [-0.4, -0.2) is 40.8 Å². The molecule has 1 fully saturated rings. The summed E-state index contributed by atoms with van der Waals surface area (Å²) in [6.45, 7) is 5.30. The summed E-state index contributed by atoms with van der Waals surface area (Å²) in [6, 6.07) is 1.75. The Balaban J connectivity index is 1.77. The number of rotatable bonds is 5. The van der Waals surface area contributed by atoms with E-state index in [0.717, 1.165) is 19.4 Å². The molecule has 1 saturated heterocycles. The molecule has 0 radical (unpaired) electrons. The highest BCUT2D eigenvalue weighted by Gasteiger charge is 2.29. The lowest BCUT2D eigenvalue weighted by Gasteiger charge is -2.33. The minimum absolute atomic E-state index is 0.169. The van der Waals surface area contributed by atoms with Crippen LogP contribution in [0.4, 0.5) is 23.1 Å². The first kappa shape index (κ1) is 17.0. The number of esters is 1. The number of hydrogen-bond acceptors (Lipinski definition) is 9. The molecule has 0 bridgehead atoms. The van der Waals surface area contributed by atoms with Crippen molar-refractivity contribution in [1.82, 2.24) is 15.1 Å². The maximum absolute atomic E-state index is 12.0. The zero-order chi connectivity index (χ0) is 17.8. The summed E-state index contributed by atoms with van der Waals surface area (Å²) >= 11 is 0. The molecule has 3 heterocycles. The van der Waals surface area contributed by atoms with Crippen molar-refractivity contribution in [3.05, 3.63) is 18.2 Å². The molecule has 25 heavy (non-hydrogen) atoms. The molecular weight excluding hydrogens is 324 g/mol. The van der Waals surface area contributed by atoms with E-state index in [-0.39, 0.29) is 11.9 Å². The summed E-state index contributed by atoms with van der Waals surface area (Å²) in [5.41, 5.74) is 6.66. The van der Waals surface area contributed by atoms with Gasteiger partial charge < -0.3 is 25.2 Å². The average molecular weight is 346 g/mol. The van der Waals surface area contributed by atoms with Crippen molar-refractivity contribution < 1.29 is 14.1 Å². The molecule has 0 aliphatic carbocycles. The third kappa shape index (κ3) is 3.81. The van der Waals surface area contributed by atoms with Crippen molar-refractivity contribution in [2.24, 2.45) is 5.92 Å². The number of piperidine rings is 1. The number of nitrogens with zero attached hydrogens (tertiary/aromatic N) is 4. The number of ether oxygens (including phenoxy) is 1. The Morgan fingerprint density at radius 1 is 1.52 bits per heavy atom. The number of aromatic nitrogens is 3. The van der Waals surface area contributed by atoms with Gasteiger partial charge in [-0.2, -0.15) is 0 Å². The molecular formula is C16H22N6O3. The zero-order valence-electron chi connectivity index (χ0n) is 14.4. The predicted octanol–water partition coefficient (Wildman–Crippen LogP) is 1.88. The molecule has 9 nitrogen and oxygen atoms in total. The van der Waals surface area contributed by atoms with Crippen LogP contribution in [0.2, 0.25) is 0 Å². The Bertz CT molecular complexity index is 747. The fourth-order valence-corrected chi connectivity index (χ4v) is 2.91. The van der Waals surface area contributed by atoms with Gasteiger partial charge in [0.05, 0.1) is 12.5 Å². The van der Waals surface area contributed by atoms with Gasteiger partial charge in [0.15, 0.2) is 17.5 Å². The maximum Gasteiger partial charge on any atom is 0.310 e. The normalized spacial score (nSPS) is 17.4. The Morgan fingerprint density at radius 3 is 3.08 bits per heavy atom. The lowest BCUT2D eigenvalue weighted by molar-refractivity contribution is -0.148. The first-order chi connectivity index (χ1) is 12.1. The second kappa shape index (κ2) is 7.37. The minimum atomic E-state index is -0.170. The van der Waals surface area contributed by atoms with E-state index >= 15 is 0 Å². The van der Waals surface area contributed by atoms with Gasteiger partial charge in [0.2, 0.25) is 0 Å². The summed E-state index contributed by atoms with van der Waals surface area (Å²) in [6.07, 6.45) is 3.12. The SMILES string of the molecule is CCOC(=O)C1CCCN(c2ncnc(Nc3cc(C)on3)c2N)C1. The van der Waals surface area contributed by atoms with Crippen LogP contribution in [0, 0.1) is 12.8 Å². The van der Waals surface area contributed by atoms with Gasteiger partial charge in [0.1, 0.15) is 17.8 Å². The monoisotopic (exact) mass is 346 g/mol. The number of hydrogen-bond donors (Lipinski definition) is 2. The molecule has 9 heteroatoms. The van der Waals surface area contributed by atoms with Crippen LogP contribution in [0.3, 0.4) is 0 Å². The third-order valence-corrected chi connectivity index (χ3v) is 4.08.